The summed E-state index contributed by atoms with van der Waals surface area (Å²) in [6, 6.07) is 5.23. The van der Waals surface area contributed by atoms with Gasteiger partial charge in [0.25, 0.3) is 5.91 Å². The first kappa shape index (κ1) is 13.1. The Morgan fingerprint density at radius 3 is 2.72 bits per heavy atom. The second-order valence-electron chi connectivity index (χ2n) is 3.47. The van der Waals surface area contributed by atoms with E-state index in [2.05, 4.69) is 5.32 Å². The molecule has 1 heterocycles. The highest BCUT2D eigenvalue weighted by Crippen LogP contribution is 2.39. The fraction of sp³-hybridized carbons (Fsp3) is 0.0909. The van der Waals surface area contributed by atoms with Gasteiger partial charge in [0, 0.05) is 10.1 Å². The van der Waals surface area contributed by atoms with E-state index >= 15 is 0 Å². The van der Waals surface area contributed by atoms with Crippen LogP contribution in [0.2, 0.25) is 5.02 Å². The second-order valence-corrected chi connectivity index (χ2v) is 5.19. The van der Waals surface area contributed by atoms with E-state index in [1.165, 1.54) is 11.3 Å². The van der Waals surface area contributed by atoms with Gasteiger partial charge in [0.1, 0.15) is 10.9 Å². The van der Waals surface area contributed by atoms with E-state index in [0.29, 0.717) is 15.4 Å². The van der Waals surface area contributed by atoms with Crippen molar-refractivity contribution in [2.24, 2.45) is 5.73 Å². The van der Waals surface area contributed by atoms with Crippen LogP contribution in [0, 0.1) is 0 Å². The molecule has 0 spiro atoms. The quantitative estimate of drug-likeness (QED) is 0.856. The molecular weight excluding hydrogens is 295 g/mol. The summed E-state index contributed by atoms with van der Waals surface area (Å²) in [5.74, 6) is -1.23. The number of hydrogen-bond acceptors (Lipinski definition) is 3. The third-order valence-corrected chi connectivity index (χ3v) is 3.91. The van der Waals surface area contributed by atoms with Crippen molar-refractivity contribution in [2.75, 3.05) is 11.2 Å². The van der Waals surface area contributed by atoms with Crippen LogP contribution in [-0.4, -0.2) is 17.7 Å². The lowest BCUT2D eigenvalue weighted by Gasteiger charge is -2.02. The van der Waals surface area contributed by atoms with Crippen molar-refractivity contribution in [3.63, 3.8) is 0 Å². The fourth-order valence-corrected chi connectivity index (χ4v) is 3.13. The number of carbonyl (C=O) groups excluding carboxylic acids is 2. The first-order chi connectivity index (χ1) is 8.54. The van der Waals surface area contributed by atoms with Crippen molar-refractivity contribution in [1.29, 1.82) is 0 Å². The summed E-state index contributed by atoms with van der Waals surface area (Å²) in [6.45, 7) is 0. The van der Waals surface area contributed by atoms with Crippen LogP contribution in [0.1, 0.15) is 10.4 Å². The molecule has 0 atom stereocenters. The summed E-state index contributed by atoms with van der Waals surface area (Å²) < 4.78 is 0.779. The van der Waals surface area contributed by atoms with Crippen LogP contribution in [-0.2, 0) is 4.79 Å². The highest BCUT2D eigenvalue weighted by Gasteiger charge is 2.20. The smallest absolute Gasteiger partial charge is 0.252 e. The Kier molecular flexibility index (Phi) is 3.75. The van der Waals surface area contributed by atoms with Crippen LogP contribution < -0.4 is 11.1 Å². The molecule has 0 radical (unpaired) electrons. The van der Waals surface area contributed by atoms with Crippen LogP contribution in [0.4, 0.5) is 5.00 Å². The number of benzene rings is 1. The van der Waals surface area contributed by atoms with Crippen molar-refractivity contribution in [3.8, 4) is 0 Å². The summed E-state index contributed by atoms with van der Waals surface area (Å²) in [7, 11) is 0. The highest BCUT2D eigenvalue weighted by atomic mass is 35.5. The zero-order chi connectivity index (χ0) is 13.3. The van der Waals surface area contributed by atoms with Gasteiger partial charge in [0.15, 0.2) is 0 Å². The number of hydrogen-bond donors (Lipinski definition) is 2. The van der Waals surface area contributed by atoms with Gasteiger partial charge in [-0.05, 0) is 12.1 Å². The van der Waals surface area contributed by atoms with Gasteiger partial charge in [-0.3, -0.25) is 9.59 Å². The monoisotopic (exact) mass is 302 g/mol. The summed E-state index contributed by atoms with van der Waals surface area (Å²) >= 11 is 12.7. The molecule has 0 saturated heterocycles. The van der Waals surface area contributed by atoms with Gasteiger partial charge in [-0.25, -0.2) is 0 Å². The number of nitrogens with one attached hydrogen (secondary N) is 1. The predicted octanol–water partition coefficient (Wildman–Crippen LogP) is 2.83. The van der Waals surface area contributed by atoms with Crippen molar-refractivity contribution < 1.29 is 9.59 Å². The van der Waals surface area contributed by atoms with Crippen molar-refractivity contribution in [1.82, 2.24) is 0 Å². The number of thiophene rings is 1. The van der Waals surface area contributed by atoms with Gasteiger partial charge in [0.05, 0.1) is 10.6 Å². The lowest BCUT2D eigenvalue weighted by molar-refractivity contribution is -0.113. The molecule has 7 heteroatoms. The van der Waals surface area contributed by atoms with E-state index in [0.717, 1.165) is 4.70 Å². The standard InChI is InChI=1S/C11H8Cl2N2O2S/c12-4-7(16)15-11-9(10(14)17)8-5(13)2-1-3-6(8)18-11/h1-3H,4H2,(H2,14,17)(H,15,16). The Morgan fingerprint density at radius 2 is 2.11 bits per heavy atom. The molecule has 0 aliphatic rings. The third kappa shape index (κ3) is 2.29. The number of fused-ring (bicyclic) bond motifs is 1. The molecule has 18 heavy (non-hydrogen) atoms. The molecule has 3 N–H and O–H groups in total. The van der Waals surface area contributed by atoms with Gasteiger partial charge in [-0.15, -0.1) is 22.9 Å². The van der Waals surface area contributed by atoms with Gasteiger partial charge < -0.3 is 11.1 Å². The first-order valence-electron chi connectivity index (χ1n) is 4.91. The van der Waals surface area contributed by atoms with E-state index in [1.54, 1.807) is 18.2 Å². The number of primary amides is 1. The molecule has 2 rings (SSSR count). The molecule has 1 aromatic carbocycles. The molecule has 94 valence electrons. The topological polar surface area (TPSA) is 72.2 Å². The average Bonchev–Trinajstić information content (AvgIpc) is 2.68. The lowest BCUT2D eigenvalue weighted by atomic mass is 10.1. The maximum atomic E-state index is 11.5. The van der Waals surface area contributed by atoms with E-state index in [4.69, 9.17) is 28.9 Å². The SMILES string of the molecule is NC(=O)c1c(NC(=O)CCl)sc2cccc(Cl)c12. The maximum Gasteiger partial charge on any atom is 0.252 e. The number of alkyl halides is 1. The molecule has 4 nitrogen and oxygen atoms in total. The Morgan fingerprint density at radius 1 is 1.39 bits per heavy atom. The van der Waals surface area contributed by atoms with Gasteiger partial charge in [-0.1, -0.05) is 17.7 Å². The van der Waals surface area contributed by atoms with Crippen molar-refractivity contribution >= 4 is 61.4 Å². The molecular formula is C11H8Cl2N2O2S. The largest absolute Gasteiger partial charge is 0.365 e. The summed E-state index contributed by atoms with van der Waals surface area (Å²) in [5, 5.41) is 3.90. The minimum Gasteiger partial charge on any atom is -0.365 e. The number of anilines is 1. The van der Waals surface area contributed by atoms with E-state index in [1.807, 2.05) is 0 Å². The molecule has 1 aromatic heterocycles. The van der Waals surface area contributed by atoms with Crippen LogP contribution in [0.3, 0.4) is 0 Å². The Labute approximate surface area is 117 Å². The van der Waals surface area contributed by atoms with Crippen LogP contribution in [0.25, 0.3) is 10.1 Å². The van der Waals surface area contributed by atoms with Gasteiger partial charge in [-0.2, -0.15) is 0 Å². The molecule has 0 bridgehead atoms. The van der Waals surface area contributed by atoms with E-state index < -0.39 is 11.8 Å². The second kappa shape index (κ2) is 5.14. The number of carbonyl (C=O) groups is 2. The minimum absolute atomic E-state index is 0.194. The van der Waals surface area contributed by atoms with Crippen LogP contribution in [0.5, 0.6) is 0 Å². The van der Waals surface area contributed by atoms with Crippen molar-refractivity contribution in [2.45, 2.75) is 0 Å². The lowest BCUT2D eigenvalue weighted by Crippen LogP contribution is -2.17. The number of halogens is 2. The molecule has 0 aliphatic carbocycles. The Balaban J connectivity index is 2.66. The number of nitrogens with two attached hydrogens (primary N) is 1. The Bertz CT molecular complexity index is 639. The number of rotatable bonds is 3. The van der Waals surface area contributed by atoms with Crippen LogP contribution in [0.15, 0.2) is 18.2 Å². The molecule has 0 aliphatic heterocycles. The fourth-order valence-electron chi connectivity index (χ4n) is 1.59. The zero-order valence-corrected chi connectivity index (χ0v) is 11.3. The van der Waals surface area contributed by atoms with Crippen LogP contribution >= 0.6 is 34.5 Å². The van der Waals surface area contributed by atoms with Gasteiger partial charge in [0.2, 0.25) is 5.91 Å². The van der Waals surface area contributed by atoms with Crippen molar-refractivity contribution in [3.05, 3.63) is 28.8 Å². The van der Waals surface area contributed by atoms with E-state index in [-0.39, 0.29) is 11.4 Å². The summed E-state index contributed by atoms with van der Waals surface area (Å²) in [5.41, 5.74) is 5.56. The zero-order valence-electron chi connectivity index (χ0n) is 9.00. The number of amides is 2. The predicted molar refractivity (Wildman–Crippen MR) is 74.7 cm³/mol. The van der Waals surface area contributed by atoms with E-state index in [9.17, 15) is 9.59 Å². The summed E-state index contributed by atoms with van der Waals surface area (Å²) in [4.78, 5) is 22.8. The normalized spacial score (nSPS) is 10.6. The molecule has 2 amide bonds. The molecule has 0 fully saturated rings. The Hall–Kier alpha value is -1.30. The average molecular weight is 303 g/mol. The molecule has 0 unspecified atom stereocenters. The first-order valence-corrected chi connectivity index (χ1v) is 6.64. The van der Waals surface area contributed by atoms with Gasteiger partial charge >= 0.3 is 0 Å². The molecule has 0 saturated carbocycles. The minimum atomic E-state index is -0.640. The maximum absolute atomic E-state index is 11.5. The molecule has 2 aromatic rings. The highest BCUT2D eigenvalue weighted by molar-refractivity contribution is 7.23. The summed E-state index contributed by atoms with van der Waals surface area (Å²) in [6.07, 6.45) is 0. The third-order valence-electron chi connectivity index (χ3n) is 2.29.